The Balaban J connectivity index is 0.00000196. The number of hydrogen-bond acceptors (Lipinski definition) is 3. The fourth-order valence-electron chi connectivity index (χ4n) is 1.29. The molecule has 0 aromatic heterocycles. The molecular weight excluding hydrogens is 221 g/mol. The van der Waals surface area contributed by atoms with Crippen LogP contribution in [-0.2, 0) is 0 Å². The number of halogens is 2. The van der Waals surface area contributed by atoms with E-state index in [4.69, 9.17) is 15.2 Å². The van der Waals surface area contributed by atoms with Crippen molar-refractivity contribution in [3.05, 3.63) is 23.8 Å². The van der Waals surface area contributed by atoms with E-state index in [9.17, 15) is 4.39 Å². The Morgan fingerprint density at radius 1 is 1.33 bits per heavy atom. The summed E-state index contributed by atoms with van der Waals surface area (Å²) in [6.07, 6.45) is 0. The molecule has 3 nitrogen and oxygen atoms in total. The number of nitrogens with two attached hydrogens (primary N) is 1. The average Bonchev–Trinajstić information content (AvgIpc) is 2.26. The molecule has 0 unspecified atom stereocenters. The Morgan fingerprint density at radius 2 is 2.00 bits per heavy atom. The molecule has 0 fully saturated rings. The third-order valence-electron chi connectivity index (χ3n) is 2.00. The number of ether oxygens (including phenoxy) is 2. The van der Waals surface area contributed by atoms with Crippen molar-refractivity contribution in [3.63, 3.8) is 0 Å². The van der Waals surface area contributed by atoms with Gasteiger partial charge < -0.3 is 15.2 Å². The first-order valence-electron chi connectivity index (χ1n) is 4.27. The van der Waals surface area contributed by atoms with Gasteiger partial charge in [0.2, 0.25) is 0 Å². The molecule has 86 valence electrons. The van der Waals surface area contributed by atoms with E-state index in [1.165, 1.54) is 14.2 Å². The fraction of sp³-hybridized carbons (Fsp3) is 0.400. The van der Waals surface area contributed by atoms with Gasteiger partial charge in [0, 0.05) is 5.56 Å². The van der Waals surface area contributed by atoms with Crippen molar-refractivity contribution in [1.82, 2.24) is 0 Å². The first kappa shape index (κ1) is 14.0. The van der Waals surface area contributed by atoms with Gasteiger partial charge >= 0.3 is 0 Å². The lowest BCUT2D eigenvalue weighted by molar-refractivity contribution is 0.344. The van der Waals surface area contributed by atoms with Gasteiger partial charge in [0.15, 0.2) is 11.5 Å². The highest BCUT2D eigenvalue weighted by Crippen LogP contribution is 2.33. The Morgan fingerprint density at radius 3 is 2.47 bits per heavy atom. The van der Waals surface area contributed by atoms with Gasteiger partial charge in [-0.1, -0.05) is 12.1 Å². The Kier molecular flexibility index (Phi) is 6.05. The van der Waals surface area contributed by atoms with Gasteiger partial charge in [0.1, 0.15) is 6.67 Å². The van der Waals surface area contributed by atoms with Crippen molar-refractivity contribution in [2.24, 2.45) is 5.73 Å². The van der Waals surface area contributed by atoms with Crippen molar-refractivity contribution in [2.75, 3.05) is 20.9 Å². The molecule has 1 atom stereocenters. The van der Waals surface area contributed by atoms with E-state index in [-0.39, 0.29) is 12.4 Å². The molecule has 5 heteroatoms. The number of benzene rings is 1. The zero-order valence-electron chi connectivity index (χ0n) is 8.70. The molecule has 0 aliphatic heterocycles. The van der Waals surface area contributed by atoms with Crippen molar-refractivity contribution in [3.8, 4) is 11.5 Å². The SMILES string of the molecule is COc1cccc([C@H](N)CF)c1OC.Cl. The summed E-state index contributed by atoms with van der Waals surface area (Å²) in [6.45, 7) is -0.622. The molecule has 0 saturated carbocycles. The van der Waals surface area contributed by atoms with E-state index >= 15 is 0 Å². The molecule has 15 heavy (non-hydrogen) atoms. The van der Waals surface area contributed by atoms with E-state index in [0.717, 1.165) is 0 Å². The van der Waals surface area contributed by atoms with Gasteiger partial charge in [-0.2, -0.15) is 0 Å². The van der Waals surface area contributed by atoms with Crippen LogP contribution in [0.4, 0.5) is 4.39 Å². The van der Waals surface area contributed by atoms with Crippen molar-refractivity contribution in [2.45, 2.75) is 6.04 Å². The van der Waals surface area contributed by atoms with Crippen LogP contribution in [0.25, 0.3) is 0 Å². The minimum atomic E-state index is -0.667. The molecule has 0 radical (unpaired) electrons. The lowest BCUT2D eigenvalue weighted by Gasteiger charge is -2.15. The van der Waals surface area contributed by atoms with E-state index in [0.29, 0.717) is 17.1 Å². The van der Waals surface area contributed by atoms with E-state index < -0.39 is 12.7 Å². The second-order valence-corrected chi connectivity index (χ2v) is 2.84. The highest BCUT2D eigenvalue weighted by atomic mass is 35.5. The summed E-state index contributed by atoms with van der Waals surface area (Å²) in [5.74, 6) is 1.06. The van der Waals surface area contributed by atoms with Crippen LogP contribution in [0.2, 0.25) is 0 Å². The van der Waals surface area contributed by atoms with Crippen LogP contribution >= 0.6 is 12.4 Å². The minimum Gasteiger partial charge on any atom is -0.493 e. The van der Waals surface area contributed by atoms with Crippen LogP contribution in [-0.4, -0.2) is 20.9 Å². The molecule has 0 bridgehead atoms. The lowest BCUT2D eigenvalue weighted by Crippen LogP contribution is -2.13. The quantitative estimate of drug-likeness (QED) is 0.869. The van der Waals surface area contributed by atoms with Crippen LogP contribution in [0, 0.1) is 0 Å². The van der Waals surface area contributed by atoms with Gasteiger partial charge in [0.25, 0.3) is 0 Å². The smallest absolute Gasteiger partial charge is 0.165 e. The number of alkyl halides is 1. The Hall–Kier alpha value is -1.00. The van der Waals surface area contributed by atoms with Crippen molar-refractivity contribution >= 4 is 12.4 Å². The lowest BCUT2D eigenvalue weighted by atomic mass is 10.1. The second-order valence-electron chi connectivity index (χ2n) is 2.84. The van der Waals surface area contributed by atoms with Crippen LogP contribution in [0.5, 0.6) is 11.5 Å². The topological polar surface area (TPSA) is 44.5 Å². The van der Waals surface area contributed by atoms with Crippen LogP contribution in [0.1, 0.15) is 11.6 Å². The molecule has 0 heterocycles. The Bertz CT molecular complexity index is 309. The average molecular weight is 236 g/mol. The third kappa shape index (κ3) is 2.97. The summed E-state index contributed by atoms with van der Waals surface area (Å²) in [5.41, 5.74) is 6.20. The summed E-state index contributed by atoms with van der Waals surface area (Å²) < 4.78 is 22.6. The molecule has 0 saturated heterocycles. The van der Waals surface area contributed by atoms with Gasteiger partial charge in [-0.05, 0) is 6.07 Å². The van der Waals surface area contributed by atoms with Crippen LogP contribution in [0.15, 0.2) is 18.2 Å². The summed E-state index contributed by atoms with van der Waals surface area (Å²) in [4.78, 5) is 0. The maximum atomic E-state index is 12.4. The highest BCUT2D eigenvalue weighted by Gasteiger charge is 2.15. The van der Waals surface area contributed by atoms with E-state index in [2.05, 4.69) is 0 Å². The summed E-state index contributed by atoms with van der Waals surface area (Å²) in [5, 5.41) is 0. The molecule has 1 aromatic carbocycles. The Labute approximate surface area is 94.8 Å². The molecule has 0 aliphatic rings. The van der Waals surface area contributed by atoms with Gasteiger partial charge in [0.05, 0.1) is 20.3 Å². The summed E-state index contributed by atoms with van der Waals surface area (Å²) in [7, 11) is 3.04. The van der Waals surface area contributed by atoms with Crippen molar-refractivity contribution < 1.29 is 13.9 Å². The summed E-state index contributed by atoms with van der Waals surface area (Å²) in [6, 6.07) is 4.56. The fourth-order valence-corrected chi connectivity index (χ4v) is 1.29. The molecule has 0 amide bonds. The molecule has 2 N–H and O–H groups in total. The number of hydrogen-bond donors (Lipinski definition) is 1. The maximum absolute atomic E-state index is 12.4. The highest BCUT2D eigenvalue weighted by molar-refractivity contribution is 5.85. The zero-order chi connectivity index (χ0) is 10.6. The monoisotopic (exact) mass is 235 g/mol. The number of para-hydroxylation sites is 1. The van der Waals surface area contributed by atoms with Gasteiger partial charge in [-0.25, -0.2) is 4.39 Å². The second kappa shape index (κ2) is 6.48. The predicted octanol–water partition coefficient (Wildman–Crippen LogP) is 2.09. The van der Waals surface area contributed by atoms with Crippen molar-refractivity contribution in [1.29, 1.82) is 0 Å². The maximum Gasteiger partial charge on any atom is 0.165 e. The molecule has 0 spiro atoms. The number of rotatable bonds is 4. The normalized spacial score (nSPS) is 11.5. The summed E-state index contributed by atoms with van der Waals surface area (Å²) >= 11 is 0. The largest absolute Gasteiger partial charge is 0.493 e. The van der Waals surface area contributed by atoms with Crippen LogP contribution < -0.4 is 15.2 Å². The minimum absolute atomic E-state index is 0. The van der Waals surface area contributed by atoms with Gasteiger partial charge in [-0.3, -0.25) is 0 Å². The van der Waals surface area contributed by atoms with Crippen LogP contribution in [0.3, 0.4) is 0 Å². The van der Waals surface area contributed by atoms with Gasteiger partial charge in [-0.15, -0.1) is 12.4 Å². The zero-order valence-corrected chi connectivity index (χ0v) is 9.51. The molecular formula is C10H15ClFNO2. The number of methoxy groups -OCH3 is 2. The molecule has 1 rings (SSSR count). The van der Waals surface area contributed by atoms with E-state index in [1.54, 1.807) is 18.2 Å². The first-order chi connectivity index (χ1) is 6.74. The first-order valence-corrected chi connectivity index (χ1v) is 4.27. The molecule has 1 aromatic rings. The van der Waals surface area contributed by atoms with E-state index in [1.807, 2.05) is 0 Å². The molecule has 0 aliphatic carbocycles. The standard InChI is InChI=1S/C10H14FNO2.ClH/c1-13-9-5-3-4-7(8(12)6-11)10(9)14-2;/h3-5,8H,6,12H2,1-2H3;1H/t8-;/m1./s1. The third-order valence-corrected chi connectivity index (χ3v) is 2.00. The predicted molar refractivity (Wildman–Crippen MR) is 59.7 cm³/mol.